The highest BCUT2D eigenvalue weighted by molar-refractivity contribution is 7.00. The Hall–Kier alpha value is -14.0. The molecule has 0 atom stereocenters. The lowest BCUT2D eigenvalue weighted by molar-refractivity contribution is 0.590. The van der Waals surface area contributed by atoms with E-state index in [2.05, 4.69) is 422 Å². The first-order valence-corrected chi connectivity index (χ1v) is 41.1. The van der Waals surface area contributed by atoms with Gasteiger partial charge < -0.3 is 18.6 Å². The number of hydrogen-bond acceptors (Lipinski definition) is 4. The Kier molecular flexibility index (Phi) is 15.1. The zero-order valence-corrected chi connectivity index (χ0v) is 66.4. The lowest BCUT2D eigenvalue weighted by Gasteiger charge is -2.46. The lowest BCUT2D eigenvalue weighted by atomic mass is 9.33. The number of hydrogen-bond donors (Lipinski definition) is 0. The first-order chi connectivity index (χ1) is 57.2. The van der Waals surface area contributed by atoms with Crippen molar-refractivity contribution in [1.29, 1.82) is 0 Å². The van der Waals surface area contributed by atoms with E-state index < -0.39 is 0 Å². The fourth-order valence-corrected chi connectivity index (χ4v) is 20.6. The van der Waals surface area contributed by atoms with E-state index in [1.54, 1.807) is 0 Å². The van der Waals surface area contributed by atoms with E-state index >= 15 is 0 Å². The minimum Gasteiger partial charge on any atom is -0.455 e. The second-order valence-corrected chi connectivity index (χ2v) is 34.5. The fourth-order valence-electron chi connectivity index (χ4n) is 20.6. The molecule has 4 heterocycles. The van der Waals surface area contributed by atoms with Crippen LogP contribution in [0.15, 0.2) is 373 Å². The number of benzene rings is 17. The van der Waals surface area contributed by atoms with Crippen molar-refractivity contribution in [3.05, 3.63) is 392 Å². The molecular formula is C112H81BN2O2. The Morgan fingerprint density at radius 3 is 0.863 bits per heavy atom. The van der Waals surface area contributed by atoms with Gasteiger partial charge >= 0.3 is 0 Å². The smallest absolute Gasteiger partial charge is 0.252 e. The van der Waals surface area contributed by atoms with Gasteiger partial charge in [-0.3, -0.25) is 0 Å². The molecule has 554 valence electrons. The van der Waals surface area contributed by atoms with Gasteiger partial charge in [0.25, 0.3) is 6.71 Å². The molecule has 19 aromatic rings. The highest BCUT2D eigenvalue weighted by Gasteiger charge is 2.47. The van der Waals surface area contributed by atoms with Crippen LogP contribution in [0.2, 0.25) is 0 Å². The summed E-state index contributed by atoms with van der Waals surface area (Å²) in [6.45, 7) is 16.2. The summed E-state index contributed by atoms with van der Waals surface area (Å²) in [5.41, 5.74) is 42.5. The van der Waals surface area contributed by atoms with Gasteiger partial charge in [-0.25, -0.2) is 0 Å². The maximum atomic E-state index is 7.58. The summed E-state index contributed by atoms with van der Waals surface area (Å²) in [6, 6.07) is 137. The van der Waals surface area contributed by atoms with E-state index in [0.29, 0.717) is 0 Å². The van der Waals surface area contributed by atoms with Crippen LogP contribution >= 0.6 is 0 Å². The molecule has 17 aromatic carbocycles. The largest absolute Gasteiger partial charge is 0.455 e. The molecule has 0 fully saturated rings. The second kappa shape index (κ2) is 25.8. The normalized spacial score (nSPS) is 13.9. The van der Waals surface area contributed by atoms with Crippen molar-refractivity contribution in [2.24, 2.45) is 0 Å². The van der Waals surface area contributed by atoms with Crippen molar-refractivity contribution in [2.75, 3.05) is 9.80 Å². The molecule has 4 aliphatic rings. The quantitative estimate of drug-likeness (QED) is 0.128. The average Bonchev–Trinajstić information content (AvgIpc) is 1.41. The van der Waals surface area contributed by atoms with Crippen molar-refractivity contribution < 1.29 is 8.83 Å². The van der Waals surface area contributed by atoms with Gasteiger partial charge in [0.15, 0.2) is 0 Å². The molecule has 117 heavy (non-hydrogen) atoms. The minimum absolute atomic E-state index is 0.113. The van der Waals surface area contributed by atoms with Crippen LogP contribution in [0.4, 0.5) is 34.1 Å². The maximum Gasteiger partial charge on any atom is 0.252 e. The molecular weight excluding hydrogens is 1420 g/mol. The van der Waals surface area contributed by atoms with Crippen molar-refractivity contribution in [3.8, 4) is 111 Å². The zero-order valence-electron chi connectivity index (χ0n) is 66.4. The van der Waals surface area contributed by atoms with E-state index in [1.807, 2.05) is 0 Å². The maximum absolute atomic E-state index is 7.58. The number of furan rings is 2. The number of nitrogens with zero attached hydrogens (tertiary/aromatic N) is 2. The summed E-state index contributed by atoms with van der Waals surface area (Å²) < 4.78 is 15.2. The summed E-state index contributed by atoms with van der Waals surface area (Å²) in [7, 11) is 0. The predicted molar refractivity (Wildman–Crippen MR) is 492 cm³/mol. The molecule has 0 radical (unpaired) electrons. The molecule has 0 saturated heterocycles. The molecule has 2 aliphatic carbocycles. The molecule has 2 aliphatic heterocycles. The third-order valence-corrected chi connectivity index (χ3v) is 26.2. The van der Waals surface area contributed by atoms with Gasteiger partial charge in [0, 0.05) is 99.6 Å². The first kappa shape index (κ1) is 68.6. The zero-order chi connectivity index (χ0) is 78.3. The number of fused-ring (bicyclic) bond motifs is 16. The third kappa shape index (κ3) is 10.3. The van der Waals surface area contributed by atoms with Gasteiger partial charge in [0.05, 0.1) is 11.4 Å². The molecule has 0 bridgehead atoms. The standard InChI is InChI=1S/C112H81BN2O2/c1-110(2,3)76-66-101-103-102(67-76)115(105-79(70-34-16-10-17-35-70)42-25-43-80(105)71-36-18-11-19-37-71)100-61-57-75(84-47-29-51-90-88-49-27-45-82(107(88)117-109(84)90)73-55-59-96-92(63-73)86-39-21-23-53-94(86)112(96,6)7)65-98(100)113(103)97-64-74(56-60-99(97)114(101)104-77(68-30-12-8-13-31-68)40-24-41-78(104)69-32-14-9-15-33-69)83-46-28-50-89-87-48-26-44-81(106(87)116-108(83)89)72-54-58-95-91(62-72)85-38-20-22-52-93(85)111(95,4)5/h8-67H,1-7H3. The van der Waals surface area contributed by atoms with Crippen LogP contribution in [0.3, 0.4) is 0 Å². The Morgan fingerprint density at radius 1 is 0.239 bits per heavy atom. The molecule has 23 rings (SSSR count). The van der Waals surface area contributed by atoms with Gasteiger partial charge in [0.2, 0.25) is 0 Å². The van der Waals surface area contributed by atoms with Gasteiger partial charge in [0.1, 0.15) is 22.3 Å². The monoisotopic (exact) mass is 1500 g/mol. The Morgan fingerprint density at radius 2 is 0.521 bits per heavy atom. The van der Waals surface area contributed by atoms with E-state index in [4.69, 9.17) is 8.83 Å². The van der Waals surface area contributed by atoms with E-state index in [9.17, 15) is 0 Å². The van der Waals surface area contributed by atoms with Gasteiger partial charge in [-0.1, -0.05) is 376 Å². The topological polar surface area (TPSA) is 32.8 Å². The Labute approximate surface area is 683 Å². The number of rotatable bonds is 10. The molecule has 0 saturated carbocycles. The highest BCUT2D eigenvalue weighted by Crippen LogP contribution is 2.57. The van der Waals surface area contributed by atoms with Gasteiger partial charge in [-0.15, -0.1) is 0 Å². The van der Waals surface area contributed by atoms with Crippen LogP contribution in [0.25, 0.3) is 155 Å². The molecule has 5 heteroatoms. The van der Waals surface area contributed by atoms with Crippen LogP contribution in [0, 0.1) is 0 Å². The number of para-hydroxylation sites is 6. The molecule has 0 spiro atoms. The third-order valence-electron chi connectivity index (χ3n) is 26.2. The summed E-state index contributed by atoms with van der Waals surface area (Å²) in [5, 5.41) is 4.32. The van der Waals surface area contributed by atoms with Crippen molar-refractivity contribution in [3.63, 3.8) is 0 Å². The summed E-state index contributed by atoms with van der Waals surface area (Å²) in [5.74, 6) is 0. The van der Waals surface area contributed by atoms with Gasteiger partial charge in [-0.2, -0.15) is 0 Å². The summed E-state index contributed by atoms with van der Waals surface area (Å²) in [6.07, 6.45) is 0. The van der Waals surface area contributed by atoms with Crippen LogP contribution in [0.5, 0.6) is 0 Å². The minimum atomic E-state index is -0.345. The Bertz CT molecular complexity index is 6820. The fraction of sp³-hybridized carbons (Fsp3) is 0.0893. The summed E-state index contributed by atoms with van der Waals surface area (Å²) >= 11 is 0. The molecule has 0 amide bonds. The predicted octanol–water partition coefficient (Wildman–Crippen LogP) is 28.8. The molecule has 0 N–H and O–H groups in total. The van der Waals surface area contributed by atoms with Crippen LogP contribution in [-0.2, 0) is 16.2 Å². The first-order valence-electron chi connectivity index (χ1n) is 41.1. The highest BCUT2D eigenvalue weighted by atomic mass is 16.3. The molecule has 0 unspecified atom stereocenters. The SMILES string of the molecule is CC(C)(C)c1cc2c3c(c1)N(c1c(-c4ccccc4)cccc1-c1ccccc1)c1ccc(-c4cccc5c4oc4c(-c6ccc7c(c6)-c6ccccc6C7(C)C)cccc45)cc1B3c1cc(-c3cccc4c3oc3c(-c5ccc6c(c5)-c5ccccc5C6(C)C)cccc34)ccc1N2c1c(-c2ccccc2)cccc1-c1ccccc1. The number of anilines is 6. The van der Waals surface area contributed by atoms with E-state index in [-0.39, 0.29) is 23.0 Å². The molecule has 4 nitrogen and oxygen atoms in total. The van der Waals surface area contributed by atoms with E-state index in [0.717, 1.165) is 167 Å². The van der Waals surface area contributed by atoms with E-state index in [1.165, 1.54) is 66.5 Å². The van der Waals surface area contributed by atoms with Crippen LogP contribution < -0.4 is 26.2 Å². The van der Waals surface area contributed by atoms with Crippen molar-refractivity contribution >= 4 is 101 Å². The van der Waals surface area contributed by atoms with Crippen molar-refractivity contribution in [2.45, 2.75) is 64.7 Å². The summed E-state index contributed by atoms with van der Waals surface area (Å²) in [4.78, 5) is 5.33. The second-order valence-electron chi connectivity index (χ2n) is 34.5. The lowest BCUT2D eigenvalue weighted by Crippen LogP contribution is -2.61. The Balaban J connectivity index is 0.806. The molecule has 2 aromatic heterocycles. The van der Waals surface area contributed by atoms with Crippen molar-refractivity contribution in [1.82, 2.24) is 0 Å². The van der Waals surface area contributed by atoms with Gasteiger partial charge in [-0.05, 0) is 153 Å². The average molecular weight is 1500 g/mol. The van der Waals surface area contributed by atoms with Crippen LogP contribution in [0.1, 0.15) is 76.3 Å². The van der Waals surface area contributed by atoms with Crippen LogP contribution in [-0.4, -0.2) is 6.71 Å².